The fraction of sp³-hybridized carbons (Fsp3) is 0. The number of thiol groups is 1. The monoisotopic (exact) mass is 216 g/mol. The third-order valence-electron chi connectivity index (χ3n) is 2.35. The molecule has 0 spiro atoms. The Kier molecular flexibility index (Phi) is 2.56. The van der Waals surface area contributed by atoms with Crippen LogP contribution in [0.2, 0.25) is 0 Å². The van der Waals surface area contributed by atoms with E-state index < -0.39 is 0 Å². The lowest BCUT2D eigenvalue weighted by molar-refractivity contribution is 1.47. The lowest BCUT2D eigenvalue weighted by Gasteiger charge is -2.09. The molecule has 4 N–H and O–H groups in total. The molecule has 0 fully saturated rings. The van der Waals surface area contributed by atoms with Crippen molar-refractivity contribution in [3.05, 3.63) is 42.5 Å². The van der Waals surface area contributed by atoms with Crippen molar-refractivity contribution in [2.45, 2.75) is 4.90 Å². The average Bonchev–Trinajstić information content (AvgIpc) is 2.27. The molecule has 3 heteroatoms. The SMILES string of the molecule is Nc1c(S)ccc(-c2ccccc2)c1N. The van der Waals surface area contributed by atoms with Crippen molar-refractivity contribution in [3.8, 4) is 11.1 Å². The fourth-order valence-electron chi connectivity index (χ4n) is 1.49. The van der Waals surface area contributed by atoms with Crippen LogP contribution in [0.25, 0.3) is 11.1 Å². The second-order valence-corrected chi connectivity index (χ2v) is 3.81. The number of nitrogen functional groups attached to an aromatic ring is 2. The predicted octanol–water partition coefficient (Wildman–Crippen LogP) is 2.81. The first-order valence-corrected chi connectivity index (χ1v) is 5.07. The Bertz CT molecular complexity index is 480. The first-order chi connectivity index (χ1) is 7.20. The van der Waals surface area contributed by atoms with Crippen LogP contribution in [-0.4, -0.2) is 0 Å². The van der Waals surface area contributed by atoms with Crippen molar-refractivity contribution in [3.63, 3.8) is 0 Å². The number of anilines is 2. The summed E-state index contributed by atoms with van der Waals surface area (Å²) in [6.45, 7) is 0. The second kappa shape index (κ2) is 3.87. The number of rotatable bonds is 1. The van der Waals surface area contributed by atoms with E-state index in [1.165, 1.54) is 0 Å². The standard InChI is InChI=1S/C12H12N2S/c13-11-9(6-7-10(15)12(11)14)8-4-2-1-3-5-8/h1-7,15H,13-14H2. The Labute approximate surface area is 94.3 Å². The zero-order valence-electron chi connectivity index (χ0n) is 8.14. The number of benzene rings is 2. The molecule has 0 atom stereocenters. The largest absolute Gasteiger partial charge is 0.397 e. The molecule has 2 aromatic carbocycles. The number of hydrogen-bond donors (Lipinski definition) is 3. The van der Waals surface area contributed by atoms with Gasteiger partial charge in [-0.25, -0.2) is 0 Å². The van der Waals surface area contributed by atoms with E-state index in [9.17, 15) is 0 Å². The molecule has 0 aliphatic rings. The summed E-state index contributed by atoms with van der Waals surface area (Å²) < 4.78 is 0. The molecule has 15 heavy (non-hydrogen) atoms. The molecule has 0 amide bonds. The van der Waals surface area contributed by atoms with Crippen molar-refractivity contribution in [2.75, 3.05) is 11.5 Å². The minimum absolute atomic E-state index is 0.541. The summed E-state index contributed by atoms with van der Waals surface area (Å²) in [5.41, 5.74) is 14.9. The molecule has 2 nitrogen and oxygen atoms in total. The molecule has 76 valence electrons. The lowest BCUT2D eigenvalue weighted by atomic mass is 10.0. The van der Waals surface area contributed by atoms with Crippen molar-refractivity contribution < 1.29 is 0 Å². The summed E-state index contributed by atoms with van der Waals surface area (Å²) in [6, 6.07) is 13.7. The van der Waals surface area contributed by atoms with Crippen LogP contribution in [0, 0.1) is 0 Å². The summed E-state index contributed by atoms with van der Waals surface area (Å²) in [7, 11) is 0. The van der Waals surface area contributed by atoms with E-state index in [0.29, 0.717) is 16.3 Å². The Morgan fingerprint density at radius 2 is 1.47 bits per heavy atom. The highest BCUT2D eigenvalue weighted by Gasteiger charge is 2.06. The predicted molar refractivity (Wildman–Crippen MR) is 68.0 cm³/mol. The molecule has 0 aliphatic carbocycles. The summed E-state index contributed by atoms with van der Waals surface area (Å²) in [5, 5.41) is 0. The number of hydrogen-bond acceptors (Lipinski definition) is 3. The van der Waals surface area contributed by atoms with Gasteiger partial charge in [-0.05, 0) is 11.6 Å². The van der Waals surface area contributed by atoms with Gasteiger partial charge in [0.25, 0.3) is 0 Å². The second-order valence-electron chi connectivity index (χ2n) is 3.33. The van der Waals surface area contributed by atoms with Crippen LogP contribution in [0.4, 0.5) is 11.4 Å². The van der Waals surface area contributed by atoms with Gasteiger partial charge in [0.1, 0.15) is 0 Å². The zero-order chi connectivity index (χ0) is 10.8. The fourth-order valence-corrected chi connectivity index (χ4v) is 1.69. The molecule has 0 unspecified atom stereocenters. The Balaban J connectivity index is 2.60. The van der Waals surface area contributed by atoms with Crippen LogP contribution in [0.5, 0.6) is 0 Å². The van der Waals surface area contributed by atoms with Crippen molar-refractivity contribution in [1.29, 1.82) is 0 Å². The van der Waals surface area contributed by atoms with Gasteiger partial charge in [-0.2, -0.15) is 0 Å². The van der Waals surface area contributed by atoms with Gasteiger partial charge in [-0.3, -0.25) is 0 Å². The average molecular weight is 216 g/mol. The smallest absolute Gasteiger partial charge is 0.0689 e. The molecule has 0 saturated heterocycles. The van der Waals surface area contributed by atoms with E-state index in [-0.39, 0.29) is 0 Å². The van der Waals surface area contributed by atoms with Crippen LogP contribution in [0.15, 0.2) is 47.4 Å². The Hall–Kier alpha value is -1.61. The summed E-state index contributed by atoms with van der Waals surface area (Å²) in [4.78, 5) is 0.715. The highest BCUT2D eigenvalue weighted by atomic mass is 32.1. The molecule has 0 saturated carbocycles. The molecule has 0 radical (unpaired) electrons. The lowest BCUT2D eigenvalue weighted by Crippen LogP contribution is -1.98. The molecule has 0 aromatic heterocycles. The van der Waals surface area contributed by atoms with E-state index in [4.69, 9.17) is 11.5 Å². The van der Waals surface area contributed by atoms with Gasteiger partial charge < -0.3 is 11.5 Å². The third kappa shape index (κ3) is 1.78. The molecule has 0 aliphatic heterocycles. The molecule has 2 rings (SSSR count). The van der Waals surface area contributed by atoms with Crippen molar-refractivity contribution >= 4 is 24.0 Å². The third-order valence-corrected chi connectivity index (χ3v) is 2.74. The van der Waals surface area contributed by atoms with Crippen LogP contribution in [0.3, 0.4) is 0 Å². The maximum absolute atomic E-state index is 5.94. The quantitative estimate of drug-likeness (QED) is 0.507. The topological polar surface area (TPSA) is 52.0 Å². The minimum Gasteiger partial charge on any atom is -0.397 e. The van der Waals surface area contributed by atoms with Gasteiger partial charge in [0.15, 0.2) is 0 Å². The minimum atomic E-state index is 0.541. The number of nitrogens with two attached hydrogens (primary N) is 2. The summed E-state index contributed by atoms with van der Waals surface area (Å²) in [5.74, 6) is 0. The normalized spacial score (nSPS) is 10.2. The van der Waals surface area contributed by atoms with Gasteiger partial charge in [-0.15, -0.1) is 12.6 Å². The van der Waals surface area contributed by atoms with E-state index in [2.05, 4.69) is 12.6 Å². The Morgan fingerprint density at radius 1 is 0.800 bits per heavy atom. The summed E-state index contributed by atoms with van der Waals surface area (Å²) in [6.07, 6.45) is 0. The molecule has 0 bridgehead atoms. The highest BCUT2D eigenvalue weighted by molar-refractivity contribution is 7.80. The van der Waals surface area contributed by atoms with Crippen LogP contribution >= 0.6 is 12.6 Å². The van der Waals surface area contributed by atoms with Gasteiger partial charge in [0.2, 0.25) is 0 Å². The van der Waals surface area contributed by atoms with Crippen LogP contribution < -0.4 is 11.5 Å². The van der Waals surface area contributed by atoms with Crippen molar-refractivity contribution in [1.82, 2.24) is 0 Å². The first kappa shape index (κ1) is 9.93. The maximum Gasteiger partial charge on any atom is 0.0689 e. The van der Waals surface area contributed by atoms with Crippen LogP contribution in [-0.2, 0) is 0 Å². The van der Waals surface area contributed by atoms with Gasteiger partial charge >= 0.3 is 0 Å². The first-order valence-electron chi connectivity index (χ1n) is 4.62. The van der Waals surface area contributed by atoms with Gasteiger partial charge in [0.05, 0.1) is 11.4 Å². The van der Waals surface area contributed by atoms with Gasteiger partial charge in [-0.1, -0.05) is 36.4 Å². The highest BCUT2D eigenvalue weighted by Crippen LogP contribution is 2.33. The van der Waals surface area contributed by atoms with E-state index in [1.807, 2.05) is 42.5 Å². The molecule has 2 aromatic rings. The van der Waals surface area contributed by atoms with E-state index >= 15 is 0 Å². The van der Waals surface area contributed by atoms with Gasteiger partial charge in [0, 0.05) is 10.5 Å². The molecular weight excluding hydrogens is 204 g/mol. The maximum atomic E-state index is 5.94. The summed E-state index contributed by atoms with van der Waals surface area (Å²) >= 11 is 4.22. The molecule has 0 heterocycles. The van der Waals surface area contributed by atoms with Crippen LogP contribution in [0.1, 0.15) is 0 Å². The molecular formula is C12H12N2S. The zero-order valence-corrected chi connectivity index (χ0v) is 9.04. The van der Waals surface area contributed by atoms with Crippen molar-refractivity contribution in [2.24, 2.45) is 0 Å². The van der Waals surface area contributed by atoms with E-state index in [1.54, 1.807) is 0 Å². The Morgan fingerprint density at radius 3 is 2.13 bits per heavy atom. The van der Waals surface area contributed by atoms with E-state index in [0.717, 1.165) is 11.1 Å².